The number of hydrogen-bond donors (Lipinski definition) is 0. The third-order valence-corrected chi connectivity index (χ3v) is 5.54. The fraction of sp³-hybridized carbons (Fsp3) is 0.250. The second kappa shape index (κ2) is 5.57. The quantitative estimate of drug-likeness (QED) is 0.600. The number of rotatable bonds is 3. The SMILES string of the molecule is CSc1ccc(C2=C(c3ccccc3)C(=O)OC23CCC3)cc1. The first-order chi connectivity index (χ1) is 11.2. The maximum Gasteiger partial charge on any atom is 0.340 e. The van der Waals surface area contributed by atoms with Gasteiger partial charge in [0.05, 0.1) is 5.57 Å². The molecule has 1 saturated carbocycles. The summed E-state index contributed by atoms with van der Waals surface area (Å²) in [6, 6.07) is 18.4. The van der Waals surface area contributed by atoms with Gasteiger partial charge in [0.2, 0.25) is 0 Å². The summed E-state index contributed by atoms with van der Waals surface area (Å²) in [5, 5.41) is 0. The Labute approximate surface area is 140 Å². The fourth-order valence-electron chi connectivity index (χ4n) is 3.49. The zero-order valence-electron chi connectivity index (χ0n) is 13.0. The van der Waals surface area contributed by atoms with Crippen molar-refractivity contribution in [3.63, 3.8) is 0 Å². The van der Waals surface area contributed by atoms with Crippen LogP contribution in [-0.4, -0.2) is 17.8 Å². The molecule has 1 aliphatic heterocycles. The van der Waals surface area contributed by atoms with Gasteiger partial charge in [-0.3, -0.25) is 0 Å². The smallest absolute Gasteiger partial charge is 0.340 e. The van der Waals surface area contributed by atoms with E-state index in [1.165, 1.54) is 4.90 Å². The summed E-state index contributed by atoms with van der Waals surface area (Å²) in [6.07, 6.45) is 5.03. The molecule has 0 amide bonds. The van der Waals surface area contributed by atoms with Gasteiger partial charge in [0.25, 0.3) is 0 Å². The molecule has 0 radical (unpaired) electrons. The van der Waals surface area contributed by atoms with Gasteiger partial charge in [-0.1, -0.05) is 42.5 Å². The predicted octanol–water partition coefficient (Wildman–Crippen LogP) is 4.80. The summed E-state index contributed by atoms with van der Waals surface area (Å²) in [7, 11) is 0. The molecule has 2 aromatic carbocycles. The van der Waals surface area contributed by atoms with Gasteiger partial charge in [-0.15, -0.1) is 11.8 Å². The fourth-order valence-corrected chi connectivity index (χ4v) is 3.90. The predicted molar refractivity (Wildman–Crippen MR) is 94.2 cm³/mol. The molecule has 2 aromatic rings. The summed E-state index contributed by atoms with van der Waals surface area (Å²) in [6.45, 7) is 0. The third-order valence-electron chi connectivity index (χ3n) is 4.80. The average Bonchev–Trinajstić information content (AvgIpc) is 2.89. The standard InChI is InChI=1S/C20H18O2S/c1-23-16-10-8-15(9-11-16)18-17(14-6-3-2-4-7-14)19(21)22-20(18)12-5-13-20/h2-4,6-11H,5,12-13H2,1H3. The van der Waals surface area contributed by atoms with Crippen LogP contribution in [-0.2, 0) is 9.53 Å². The molecule has 1 fully saturated rings. The van der Waals surface area contributed by atoms with Crippen molar-refractivity contribution >= 4 is 28.9 Å². The zero-order valence-corrected chi connectivity index (χ0v) is 13.9. The molecule has 4 rings (SSSR count). The van der Waals surface area contributed by atoms with E-state index in [2.05, 4.69) is 30.5 Å². The molecule has 2 nitrogen and oxygen atoms in total. The van der Waals surface area contributed by atoms with Crippen molar-refractivity contribution < 1.29 is 9.53 Å². The van der Waals surface area contributed by atoms with E-state index in [1.54, 1.807) is 11.8 Å². The highest BCUT2D eigenvalue weighted by atomic mass is 32.2. The van der Waals surface area contributed by atoms with Gasteiger partial charge < -0.3 is 4.74 Å². The number of thioether (sulfide) groups is 1. The van der Waals surface area contributed by atoms with Crippen LogP contribution in [0.3, 0.4) is 0 Å². The van der Waals surface area contributed by atoms with Crippen molar-refractivity contribution in [2.45, 2.75) is 29.8 Å². The van der Waals surface area contributed by atoms with Gasteiger partial charge in [0.1, 0.15) is 5.60 Å². The second-order valence-corrected chi connectivity index (χ2v) is 6.96. The molecule has 0 atom stereocenters. The number of hydrogen-bond acceptors (Lipinski definition) is 3. The van der Waals surface area contributed by atoms with E-state index in [-0.39, 0.29) is 5.97 Å². The minimum absolute atomic E-state index is 0.181. The van der Waals surface area contributed by atoms with Crippen LogP contribution in [0.4, 0.5) is 0 Å². The van der Waals surface area contributed by atoms with Gasteiger partial charge in [-0.05, 0) is 48.8 Å². The molecule has 0 N–H and O–H groups in total. The van der Waals surface area contributed by atoms with Crippen molar-refractivity contribution in [3.05, 3.63) is 65.7 Å². The first kappa shape index (κ1) is 14.6. The lowest BCUT2D eigenvalue weighted by Gasteiger charge is -2.39. The molecule has 0 aromatic heterocycles. The van der Waals surface area contributed by atoms with Crippen LogP contribution in [0.2, 0.25) is 0 Å². The molecule has 3 heteroatoms. The van der Waals surface area contributed by atoms with Crippen LogP contribution in [0.1, 0.15) is 30.4 Å². The lowest BCUT2D eigenvalue weighted by atomic mass is 9.71. The van der Waals surface area contributed by atoms with Crippen LogP contribution < -0.4 is 0 Å². The maximum absolute atomic E-state index is 12.6. The summed E-state index contributed by atoms with van der Waals surface area (Å²) < 4.78 is 5.86. The van der Waals surface area contributed by atoms with Gasteiger partial charge in [-0.2, -0.15) is 0 Å². The Hall–Kier alpha value is -2.00. The average molecular weight is 322 g/mol. The van der Waals surface area contributed by atoms with Crippen molar-refractivity contribution in [1.82, 2.24) is 0 Å². The Balaban J connectivity index is 1.91. The van der Waals surface area contributed by atoms with E-state index >= 15 is 0 Å². The molecule has 0 bridgehead atoms. The van der Waals surface area contributed by atoms with Crippen LogP contribution in [0, 0.1) is 0 Å². The molecule has 1 aliphatic carbocycles. The lowest BCUT2D eigenvalue weighted by Crippen LogP contribution is -2.38. The Kier molecular flexibility index (Phi) is 3.53. The van der Waals surface area contributed by atoms with Crippen LogP contribution in [0.15, 0.2) is 59.5 Å². The Bertz CT molecular complexity index is 771. The number of benzene rings is 2. The largest absolute Gasteiger partial charge is 0.451 e. The van der Waals surface area contributed by atoms with E-state index in [1.807, 2.05) is 30.3 Å². The van der Waals surface area contributed by atoms with E-state index in [9.17, 15) is 4.79 Å². The van der Waals surface area contributed by atoms with Gasteiger partial charge in [0, 0.05) is 10.5 Å². The molecule has 116 valence electrons. The van der Waals surface area contributed by atoms with E-state index in [0.29, 0.717) is 0 Å². The molecular weight excluding hydrogens is 304 g/mol. The van der Waals surface area contributed by atoms with Gasteiger partial charge >= 0.3 is 5.97 Å². The first-order valence-corrected chi connectivity index (χ1v) is 9.14. The van der Waals surface area contributed by atoms with E-state index in [4.69, 9.17) is 4.74 Å². The Morgan fingerprint density at radius 3 is 2.22 bits per heavy atom. The minimum Gasteiger partial charge on any atom is -0.451 e. The third kappa shape index (κ3) is 2.31. The molecular formula is C20H18O2S. The molecule has 23 heavy (non-hydrogen) atoms. The topological polar surface area (TPSA) is 26.3 Å². The summed E-state index contributed by atoms with van der Waals surface area (Å²) in [4.78, 5) is 13.8. The second-order valence-electron chi connectivity index (χ2n) is 6.08. The normalized spacial score (nSPS) is 18.9. The van der Waals surface area contributed by atoms with Crippen molar-refractivity contribution in [3.8, 4) is 0 Å². The first-order valence-electron chi connectivity index (χ1n) is 7.91. The van der Waals surface area contributed by atoms with Crippen LogP contribution >= 0.6 is 11.8 Å². The van der Waals surface area contributed by atoms with Crippen molar-refractivity contribution in [2.75, 3.05) is 6.26 Å². The zero-order chi connectivity index (χ0) is 15.9. The molecule has 1 spiro atoms. The summed E-state index contributed by atoms with van der Waals surface area (Å²) >= 11 is 1.72. The minimum atomic E-state index is -0.400. The molecule has 2 aliphatic rings. The molecule has 0 unspecified atom stereocenters. The summed E-state index contributed by atoms with van der Waals surface area (Å²) in [5.74, 6) is -0.181. The Morgan fingerprint density at radius 2 is 1.65 bits per heavy atom. The highest BCUT2D eigenvalue weighted by Crippen LogP contribution is 2.53. The maximum atomic E-state index is 12.6. The Morgan fingerprint density at radius 1 is 0.957 bits per heavy atom. The molecule has 0 saturated heterocycles. The van der Waals surface area contributed by atoms with E-state index < -0.39 is 5.60 Å². The number of carbonyl (C=O) groups is 1. The number of ether oxygens (including phenoxy) is 1. The van der Waals surface area contributed by atoms with Crippen LogP contribution in [0.5, 0.6) is 0 Å². The van der Waals surface area contributed by atoms with Gasteiger partial charge in [0.15, 0.2) is 0 Å². The van der Waals surface area contributed by atoms with Crippen LogP contribution in [0.25, 0.3) is 11.1 Å². The molecule has 1 heterocycles. The van der Waals surface area contributed by atoms with Crippen molar-refractivity contribution in [1.29, 1.82) is 0 Å². The summed E-state index contributed by atoms with van der Waals surface area (Å²) in [5.41, 5.74) is 3.47. The van der Waals surface area contributed by atoms with E-state index in [0.717, 1.165) is 41.5 Å². The van der Waals surface area contributed by atoms with Gasteiger partial charge in [-0.25, -0.2) is 4.79 Å². The number of esters is 1. The van der Waals surface area contributed by atoms with Crippen molar-refractivity contribution in [2.24, 2.45) is 0 Å². The highest BCUT2D eigenvalue weighted by molar-refractivity contribution is 7.98. The highest BCUT2D eigenvalue weighted by Gasteiger charge is 2.52. The lowest BCUT2D eigenvalue weighted by molar-refractivity contribution is -0.149. The number of carbonyl (C=O) groups excluding carboxylic acids is 1. The monoisotopic (exact) mass is 322 g/mol.